The van der Waals surface area contributed by atoms with Gasteiger partial charge in [0, 0.05) is 30.3 Å². The molecular weight excluding hydrogens is 338 g/mol. The van der Waals surface area contributed by atoms with Gasteiger partial charge in [0.05, 0.1) is 6.10 Å². The predicted molar refractivity (Wildman–Crippen MR) is 96.8 cm³/mol. The molecule has 0 bridgehead atoms. The lowest BCUT2D eigenvalue weighted by Gasteiger charge is -2.25. The van der Waals surface area contributed by atoms with Crippen molar-refractivity contribution in [2.75, 3.05) is 25.0 Å². The molecular formula is C18H21N3O3S. The molecule has 2 heterocycles. The third-order valence-corrected chi connectivity index (χ3v) is 4.81. The van der Waals surface area contributed by atoms with Gasteiger partial charge in [0.15, 0.2) is 5.13 Å². The number of nitrogens with one attached hydrogen (secondary N) is 1. The number of amides is 2. The van der Waals surface area contributed by atoms with E-state index in [1.165, 1.54) is 11.3 Å². The number of thiazole rings is 1. The van der Waals surface area contributed by atoms with E-state index in [0.29, 0.717) is 23.8 Å². The Morgan fingerprint density at radius 1 is 1.40 bits per heavy atom. The second-order valence-corrected chi connectivity index (χ2v) is 6.92. The third kappa shape index (κ3) is 4.64. The van der Waals surface area contributed by atoms with Crippen LogP contribution in [0.15, 0.2) is 35.8 Å². The zero-order chi connectivity index (χ0) is 17.6. The molecule has 1 saturated heterocycles. The molecule has 132 valence electrons. The van der Waals surface area contributed by atoms with Crippen LogP contribution in [-0.4, -0.2) is 47.5 Å². The number of anilines is 1. The Hall–Kier alpha value is -2.25. The zero-order valence-electron chi connectivity index (χ0n) is 14.1. The van der Waals surface area contributed by atoms with Gasteiger partial charge in [-0.3, -0.25) is 9.59 Å². The summed E-state index contributed by atoms with van der Waals surface area (Å²) in [5.74, 6) is -0.405. The second-order valence-electron chi connectivity index (χ2n) is 6.02. The Labute approximate surface area is 150 Å². The lowest BCUT2D eigenvalue weighted by atomic mass is 10.1. The number of ether oxygens (including phenoxy) is 1. The van der Waals surface area contributed by atoms with E-state index in [-0.39, 0.29) is 24.5 Å². The van der Waals surface area contributed by atoms with E-state index in [1.807, 2.05) is 25.1 Å². The minimum atomic E-state index is -0.255. The van der Waals surface area contributed by atoms with Crippen molar-refractivity contribution in [3.63, 3.8) is 0 Å². The SMILES string of the molecule is Cc1ccccc1C(=O)N(CC(=O)Nc1nccs1)CC1CCCO1. The first kappa shape index (κ1) is 17.6. The summed E-state index contributed by atoms with van der Waals surface area (Å²) >= 11 is 1.35. The van der Waals surface area contributed by atoms with E-state index in [2.05, 4.69) is 10.3 Å². The van der Waals surface area contributed by atoms with Crippen LogP contribution in [0.2, 0.25) is 0 Å². The van der Waals surface area contributed by atoms with Gasteiger partial charge in [0.2, 0.25) is 5.91 Å². The normalized spacial score (nSPS) is 16.6. The van der Waals surface area contributed by atoms with E-state index in [1.54, 1.807) is 22.5 Å². The van der Waals surface area contributed by atoms with Gasteiger partial charge < -0.3 is 15.0 Å². The molecule has 1 unspecified atom stereocenters. The van der Waals surface area contributed by atoms with Crippen LogP contribution < -0.4 is 5.32 Å². The Balaban J connectivity index is 1.73. The predicted octanol–water partition coefficient (Wildman–Crippen LogP) is 2.71. The zero-order valence-corrected chi connectivity index (χ0v) is 14.9. The molecule has 1 aromatic heterocycles. The molecule has 0 aliphatic carbocycles. The van der Waals surface area contributed by atoms with Crippen LogP contribution in [0.5, 0.6) is 0 Å². The standard InChI is InChI=1S/C18H21N3O3S/c1-13-5-2-3-7-15(13)17(23)21(11-14-6-4-9-24-14)12-16(22)20-18-19-8-10-25-18/h2-3,5,7-8,10,14H,4,6,9,11-12H2,1H3,(H,19,20,22). The first-order chi connectivity index (χ1) is 12.1. The summed E-state index contributed by atoms with van der Waals surface area (Å²) in [4.78, 5) is 30.9. The molecule has 3 rings (SSSR count). The molecule has 2 amide bonds. The lowest BCUT2D eigenvalue weighted by Crippen LogP contribution is -2.42. The quantitative estimate of drug-likeness (QED) is 0.861. The van der Waals surface area contributed by atoms with E-state index in [4.69, 9.17) is 4.74 Å². The fourth-order valence-electron chi connectivity index (χ4n) is 2.85. The van der Waals surface area contributed by atoms with Crippen molar-refractivity contribution in [2.24, 2.45) is 0 Å². The number of carbonyl (C=O) groups is 2. The Morgan fingerprint density at radius 2 is 2.24 bits per heavy atom. The van der Waals surface area contributed by atoms with Crippen LogP contribution in [0.1, 0.15) is 28.8 Å². The molecule has 2 aromatic rings. The fraction of sp³-hybridized carbons (Fsp3) is 0.389. The van der Waals surface area contributed by atoms with E-state index in [0.717, 1.165) is 18.4 Å². The Morgan fingerprint density at radius 3 is 2.92 bits per heavy atom. The molecule has 25 heavy (non-hydrogen) atoms. The summed E-state index contributed by atoms with van der Waals surface area (Å²) in [6, 6.07) is 7.41. The molecule has 7 heteroatoms. The number of nitrogens with zero attached hydrogens (tertiary/aromatic N) is 2. The van der Waals surface area contributed by atoms with Crippen LogP contribution in [0.4, 0.5) is 5.13 Å². The van der Waals surface area contributed by atoms with Crippen LogP contribution in [0, 0.1) is 6.92 Å². The topological polar surface area (TPSA) is 71.5 Å². The number of rotatable bonds is 6. The van der Waals surface area contributed by atoms with Crippen molar-refractivity contribution >= 4 is 28.3 Å². The molecule has 0 radical (unpaired) electrons. The van der Waals surface area contributed by atoms with Gasteiger partial charge >= 0.3 is 0 Å². The Kier molecular flexibility index (Phi) is 5.78. The monoisotopic (exact) mass is 359 g/mol. The number of hydrogen-bond acceptors (Lipinski definition) is 5. The summed E-state index contributed by atoms with van der Waals surface area (Å²) in [6.45, 7) is 3.00. The average Bonchev–Trinajstić information content (AvgIpc) is 3.28. The van der Waals surface area contributed by atoms with E-state index < -0.39 is 0 Å². The van der Waals surface area contributed by atoms with E-state index >= 15 is 0 Å². The molecule has 0 spiro atoms. The smallest absolute Gasteiger partial charge is 0.254 e. The van der Waals surface area contributed by atoms with Gasteiger partial charge in [-0.15, -0.1) is 11.3 Å². The first-order valence-corrected chi connectivity index (χ1v) is 9.17. The van der Waals surface area contributed by atoms with Gasteiger partial charge in [-0.1, -0.05) is 18.2 Å². The third-order valence-electron chi connectivity index (χ3n) is 4.12. The highest BCUT2D eigenvalue weighted by atomic mass is 32.1. The minimum absolute atomic E-state index is 0.0133. The molecule has 1 aliphatic heterocycles. The first-order valence-electron chi connectivity index (χ1n) is 8.29. The maximum Gasteiger partial charge on any atom is 0.254 e. The number of carbonyl (C=O) groups excluding carboxylic acids is 2. The number of hydrogen-bond donors (Lipinski definition) is 1. The molecule has 0 saturated carbocycles. The molecule has 1 aliphatic rings. The second kappa shape index (κ2) is 8.22. The molecule has 1 N–H and O–H groups in total. The van der Waals surface area contributed by atoms with Crippen molar-refractivity contribution < 1.29 is 14.3 Å². The lowest BCUT2D eigenvalue weighted by molar-refractivity contribution is -0.117. The number of aromatic nitrogens is 1. The number of benzene rings is 1. The van der Waals surface area contributed by atoms with Crippen LogP contribution in [0.3, 0.4) is 0 Å². The maximum absolute atomic E-state index is 13.0. The van der Waals surface area contributed by atoms with Crippen LogP contribution in [-0.2, 0) is 9.53 Å². The van der Waals surface area contributed by atoms with Crippen molar-refractivity contribution in [2.45, 2.75) is 25.9 Å². The summed E-state index contributed by atoms with van der Waals surface area (Å²) in [5, 5.41) is 5.05. The molecule has 6 nitrogen and oxygen atoms in total. The van der Waals surface area contributed by atoms with Crippen molar-refractivity contribution in [1.82, 2.24) is 9.88 Å². The molecule has 1 atom stereocenters. The van der Waals surface area contributed by atoms with Gasteiger partial charge in [0.25, 0.3) is 5.91 Å². The van der Waals surface area contributed by atoms with Crippen molar-refractivity contribution in [1.29, 1.82) is 0 Å². The van der Waals surface area contributed by atoms with Gasteiger partial charge in [-0.2, -0.15) is 0 Å². The summed E-state index contributed by atoms with van der Waals surface area (Å²) in [7, 11) is 0. The minimum Gasteiger partial charge on any atom is -0.376 e. The van der Waals surface area contributed by atoms with Crippen LogP contribution in [0.25, 0.3) is 0 Å². The summed E-state index contributed by atoms with van der Waals surface area (Å²) in [6.07, 6.45) is 3.51. The fourth-order valence-corrected chi connectivity index (χ4v) is 3.40. The summed E-state index contributed by atoms with van der Waals surface area (Å²) < 4.78 is 5.65. The largest absolute Gasteiger partial charge is 0.376 e. The Bertz CT molecular complexity index is 727. The molecule has 1 fully saturated rings. The number of aryl methyl sites for hydroxylation is 1. The average molecular weight is 359 g/mol. The highest BCUT2D eigenvalue weighted by Gasteiger charge is 2.26. The van der Waals surface area contributed by atoms with Gasteiger partial charge in [-0.25, -0.2) is 4.98 Å². The van der Waals surface area contributed by atoms with Gasteiger partial charge in [0.1, 0.15) is 6.54 Å². The van der Waals surface area contributed by atoms with Gasteiger partial charge in [-0.05, 0) is 31.4 Å². The molecule has 1 aromatic carbocycles. The highest BCUT2D eigenvalue weighted by molar-refractivity contribution is 7.13. The maximum atomic E-state index is 13.0. The van der Waals surface area contributed by atoms with Crippen molar-refractivity contribution in [3.05, 3.63) is 47.0 Å². The van der Waals surface area contributed by atoms with Crippen LogP contribution >= 0.6 is 11.3 Å². The van der Waals surface area contributed by atoms with E-state index in [9.17, 15) is 9.59 Å². The van der Waals surface area contributed by atoms with Crippen molar-refractivity contribution in [3.8, 4) is 0 Å². The summed E-state index contributed by atoms with van der Waals surface area (Å²) in [5.41, 5.74) is 1.51. The highest BCUT2D eigenvalue weighted by Crippen LogP contribution is 2.17.